The number of amides is 4. The summed E-state index contributed by atoms with van der Waals surface area (Å²) in [5.74, 6) is -2.18. The van der Waals surface area contributed by atoms with Gasteiger partial charge in [-0.3, -0.25) is 24.0 Å². The first-order chi connectivity index (χ1) is 26.9. The Balaban J connectivity index is 1.27. The molecule has 1 aromatic heterocycles. The summed E-state index contributed by atoms with van der Waals surface area (Å²) < 4.78 is 53.4. The number of nitrogens with zero attached hydrogens (tertiary/aromatic N) is 3. The van der Waals surface area contributed by atoms with E-state index in [9.17, 15) is 32.3 Å². The Bertz CT molecular complexity index is 2090. The second-order valence-electron chi connectivity index (χ2n) is 17.8. The van der Waals surface area contributed by atoms with Crippen LogP contribution in [0.1, 0.15) is 91.7 Å². The number of hydrogen-bond donors (Lipinski definition) is 3. The molecule has 0 radical (unpaired) electrons. The van der Waals surface area contributed by atoms with Crippen LogP contribution in [0.5, 0.6) is 11.6 Å². The Labute approximate surface area is 333 Å². The summed E-state index contributed by atoms with van der Waals surface area (Å²) in [5.41, 5.74) is -1.93. The van der Waals surface area contributed by atoms with Gasteiger partial charge in [0.25, 0.3) is 5.91 Å². The van der Waals surface area contributed by atoms with E-state index in [1.54, 1.807) is 26.8 Å². The predicted molar refractivity (Wildman–Crippen MR) is 209 cm³/mol. The van der Waals surface area contributed by atoms with Crippen molar-refractivity contribution in [3.05, 3.63) is 42.1 Å². The summed E-state index contributed by atoms with van der Waals surface area (Å²) in [6.07, 6.45) is 5.16. The molecule has 0 bridgehead atoms. The van der Waals surface area contributed by atoms with Gasteiger partial charge in [-0.2, -0.15) is 0 Å². The molecular weight excluding hydrogens is 758 g/mol. The van der Waals surface area contributed by atoms with E-state index in [-0.39, 0.29) is 38.1 Å². The number of aryl methyl sites for hydroxylation is 1. The van der Waals surface area contributed by atoms with E-state index in [2.05, 4.69) is 10.0 Å². The van der Waals surface area contributed by atoms with Crippen molar-refractivity contribution in [2.24, 2.45) is 17.8 Å². The lowest BCUT2D eigenvalue weighted by molar-refractivity contribution is -0.146. The summed E-state index contributed by atoms with van der Waals surface area (Å²) in [4.78, 5) is 64.1. The number of carbonyl (C=O) groups is 4. The molecule has 14 nitrogen and oxygen atoms in total. The second kappa shape index (κ2) is 15.0. The molecule has 1 saturated heterocycles. The highest BCUT2D eigenvalue weighted by molar-refractivity contribution is 7.91. The average molecular weight is 812 g/mol. The van der Waals surface area contributed by atoms with E-state index in [0.717, 1.165) is 17.5 Å². The molecule has 16 heteroatoms. The number of benzene rings is 1. The zero-order valence-corrected chi connectivity index (χ0v) is 34.1. The minimum Gasteiger partial charge on any atom is -0.491 e. The van der Waals surface area contributed by atoms with E-state index >= 15 is 4.79 Å². The zero-order chi connectivity index (χ0) is 41.1. The van der Waals surface area contributed by atoms with E-state index in [1.807, 2.05) is 44.2 Å². The van der Waals surface area contributed by atoms with Crippen LogP contribution in [0.4, 0.5) is 9.18 Å². The number of alkyl halides is 1. The molecule has 310 valence electrons. The molecule has 3 aliphatic heterocycles. The largest absolute Gasteiger partial charge is 0.491 e. The van der Waals surface area contributed by atoms with Crippen LogP contribution in [-0.4, -0.2) is 106 Å². The van der Waals surface area contributed by atoms with Crippen molar-refractivity contribution in [1.29, 1.82) is 0 Å². The third-order valence-corrected chi connectivity index (χ3v) is 14.5. The van der Waals surface area contributed by atoms with Gasteiger partial charge in [0.15, 0.2) is 0 Å². The topological polar surface area (TPSA) is 185 Å². The van der Waals surface area contributed by atoms with Crippen LogP contribution in [0, 0.1) is 17.8 Å². The Morgan fingerprint density at radius 3 is 2.54 bits per heavy atom. The average Bonchev–Trinajstić information content (AvgIpc) is 4.06. The summed E-state index contributed by atoms with van der Waals surface area (Å²) >= 11 is 0. The van der Waals surface area contributed by atoms with Gasteiger partial charge in [-0.1, -0.05) is 44.2 Å². The first-order valence-corrected chi connectivity index (χ1v) is 21.5. The van der Waals surface area contributed by atoms with Gasteiger partial charge in [0.2, 0.25) is 27.7 Å². The number of pyridine rings is 1. The number of rotatable bonds is 7. The molecule has 2 aliphatic carbocycles. The maximum atomic E-state index is 15.1. The van der Waals surface area contributed by atoms with Gasteiger partial charge in [-0.05, 0) is 90.0 Å². The highest BCUT2D eigenvalue weighted by Gasteiger charge is 2.64. The highest BCUT2D eigenvalue weighted by atomic mass is 32.2. The lowest BCUT2D eigenvalue weighted by atomic mass is 9.85. The number of carbonyl (C=O) groups excluding carboxylic acids is 3. The molecule has 7 rings (SSSR count). The maximum Gasteiger partial charge on any atom is 0.408 e. The first kappa shape index (κ1) is 40.7. The fourth-order valence-corrected chi connectivity index (χ4v) is 10.4. The first-order valence-electron chi connectivity index (χ1n) is 20.1. The molecule has 3 fully saturated rings. The minimum absolute atomic E-state index is 0.0251. The number of allylic oxidation sites excluding steroid dienone is 1. The van der Waals surface area contributed by atoms with E-state index in [4.69, 9.17) is 14.5 Å². The Hall–Kier alpha value is -4.47. The van der Waals surface area contributed by atoms with Gasteiger partial charge in [0.1, 0.15) is 40.9 Å². The predicted octanol–water partition coefficient (Wildman–Crippen LogP) is 4.89. The molecule has 57 heavy (non-hydrogen) atoms. The Morgan fingerprint density at radius 2 is 1.88 bits per heavy atom. The van der Waals surface area contributed by atoms with Gasteiger partial charge < -0.3 is 24.8 Å². The number of nitrogens with one attached hydrogen (secondary N) is 2. The normalized spacial score (nSPS) is 30.6. The van der Waals surface area contributed by atoms with Crippen LogP contribution >= 0.6 is 0 Å². The standard InChI is InChI=1S/C41H54FN5O9S/c1-24-11-6-7-12-26-21-41(26,37(50)45-57(53,54)40(23-42)16-17-40)44-34(48)31-20-27(22-46(31)36(49)32(25(2)19-24)47(38(51)52)39(3,4)5)56-35-29-14-9-8-13-28(29)33-30(43-35)15-10-18-55-33/h7-9,12-14,24-27,31-32H,6,10-11,15-23H2,1-5H3,(H,44,48)(H,45,50)(H,51,52)/b12-7-/t24-,25+,26+,27+,31-,32-,41+/m0/s1. The van der Waals surface area contributed by atoms with Crippen molar-refractivity contribution >= 4 is 44.6 Å². The van der Waals surface area contributed by atoms with Gasteiger partial charge in [-0.15, -0.1) is 0 Å². The van der Waals surface area contributed by atoms with E-state index in [0.29, 0.717) is 49.3 Å². The lowest BCUT2D eigenvalue weighted by Gasteiger charge is -2.43. The van der Waals surface area contributed by atoms with Crippen molar-refractivity contribution in [2.75, 3.05) is 19.8 Å². The molecule has 4 amide bonds. The van der Waals surface area contributed by atoms with Crippen LogP contribution in [0.25, 0.3) is 10.8 Å². The van der Waals surface area contributed by atoms with Crippen molar-refractivity contribution < 1.29 is 46.6 Å². The molecule has 0 spiro atoms. The smallest absolute Gasteiger partial charge is 0.408 e. The Kier molecular flexibility index (Phi) is 10.7. The van der Waals surface area contributed by atoms with Crippen LogP contribution in [0.3, 0.4) is 0 Å². The fourth-order valence-electron chi connectivity index (χ4n) is 8.97. The molecular formula is C41H54FN5O9S. The molecule has 3 N–H and O–H groups in total. The third kappa shape index (κ3) is 7.65. The number of ether oxygens (including phenoxy) is 2. The molecule has 0 unspecified atom stereocenters. The number of sulfonamides is 1. The van der Waals surface area contributed by atoms with Gasteiger partial charge >= 0.3 is 6.09 Å². The molecule has 4 heterocycles. The summed E-state index contributed by atoms with van der Waals surface area (Å²) in [6.45, 7) is 8.40. The van der Waals surface area contributed by atoms with Crippen molar-refractivity contribution in [1.82, 2.24) is 24.8 Å². The van der Waals surface area contributed by atoms with Gasteiger partial charge in [-0.25, -0.2) is 22.6 Å². The lowest BCUT2D eigenvalue weighted by Crippen LogP contribution is -2.62. The number of carboxylic acid groups (broad SMARTS) is 1. The number of aromatic nitrogens is 1. The second-order valence-corrected chi connectivity index (χ2v) is 19.9. The monoisotopic (exact) mass is 811 g/mol. The fraction of sp³-hybridized carbons (Fsp3) is 0.634. The quantitative estimate of drug-likeness (QED) is 0.326. The SMILES string of the molecule is C[C@H]1CC/C=C\[C@@H]2C[C@@]2(C(=O)NS(=O)(=O)C2(CF)CC2)NC(=O)[C@@H]2C[C@@H](Oc3nc4c(c5ccccc35)OCCC4)CN2C(=O)[C@@H](N(C(=O)O)C(C)(C)C)[C@H](C)C1. The van der Waals surface area contributed by atoms with Gasteiger partial charge in [0, 0.05) is 28.7 Å². The maximum absolute atomic E-state index is 15.1. The molecule has 2 aromatic rings. The van der Waals surface area contributed by atoms with E-state index < -0.39 is 86.4 Å². The van der Waals surface area contributed by atoms with Gasteiger partial charge in [0.05, 0.1) is 18.8 Å². The molecule has 7 atom stereocenters. The summed E-state index contributed by atoms with van der Waals surface area (Å²) in [5, 5.41) is 15.0. The van der Waals surface area contributed by atoms with Crippen LogP contribution in [-0.2, 0) is 30.8 Å². The zero-order valence-electron chi connectivity index (χ0n) is 33.3. The van der Waals surface area contributed by atoms with Crippen molar-refractivity contribution in [2.45, 2.75) is 126 Å². The van der Waals surface area contributed by atoms with Crippen molar-refractivity contribution in [3.8, 4) is 11.6 Å². The van der Waals surface area contributed by atoms with Crippen LogP contribution in [0.15, 0.2) is 36.4 Å². The number of halogens is 1. The number of fused-ring (bicyclic) bond motifs is 5. The molecule has 2 saturated carbocycles. The molecule has 1 aromatic carbocycles. The van der Waals surface area contributed by atoms with Crippen molar-refractivity contribution in [3.63, 3.8) is 0 Å². The molecule has 5 aliphatic rings. The summed E-state index contributed by atoms with van der Waals surface area (Å²) in [6, 6.07) is 5.13. The van der Waals surface area contributed by atoms with Crippen LogP contribution < -0.4 is 19.5 Å². The highest BCUT2D eigenvalue weighted by Crippen LogP contribution is 2.48. The summed E-state index contributed by atoms with van der Waals surface area (Å²) in [7, 11) is -4.40. The van der Waals surface area contributed by atoms with E-state index in [1.165, 1.54) is 9.80 Å². The third-order valence-electron chi connectivity index (χ3n) is 12.4. The number of hydrogen-bond acceptors (Lipinski definition) is 9. The Morgan fingerprint density at radius 1 is 1.16 bits per heavy atom. The minimum atomic E-state index is -4.40. The van der Waals surface area contributed by atoms with Crippen LogP contribution in [0.2, 0.25) is 0 Å².